The van der Waals surface area contributed by atoms with Crippen molar-refractivity contribution >= 4 is 33.0 Å². The molecule has 0 aliphatic carbocycles. The Bertz CT molecular complexity index is 1610. The number of sulfonamides is 1. The molecule has 4 rings (SSSR count). The number of nitro benzene ring substituents is 1. The number of nitro groups is 1. The Morgan fingerprint density at radius 1 is 0.850 bits per heavy atom. The van der Waals surface area contributed by atoms with Crippen LogP contribution in [-0.2, 0) is 14.8 Å². The normalized spacial score (nSPS) is 10.8. The van der Waals surface area contributed by atoms with Gasteiger partial charge in [-0.25, -0.2) is 8.42 Å². The van der Waals surface area contributed by atoms with Crippen molar-refractivity contribution in [1.29, 1.82) is 0 Å². The van der Waals surface area contributed by atoms with Gasteiger partial charge < -0.3 is 19.5 Å². The number of ether oxygens (including phenoxy) is 3. The molecule has 11 nitrogen and oxygen atoms in total. The summed E-state index contributed by atoms with van der Waals surface area (Å²) in [5.74, 6) is 0.940. The summed E-state index contributed by atoms with van der Waals surface area (Å²) in [5, 5.41) is 14.3. The summed E-state index contributed by atoms with van der Waals surface area (Å²) in [5.41, 5.74) is -0.257. The van der Waals surface area contributed by atoms with Crippen LogP contribution >= 0.6 is 0 Å². The molecule has 0 fully saturated rings. The van der Waals surface area contributed by atoms with Crippen LogP contribution in [0.2, 0.25) is 0 Å². The number of para-hydroxylation sites is 2. The fraction of sp³-hybridized carbons (Fsp3) is 0.107. The largest absolute Gasteiger partial charge is 0.497 e. The summed E-state index contributed by atoms with van der Waals surface area (Å²) < 4.78 is 44.7. The average molecular weight is 564 g/mol. The minimum absolute atomic E-state index is 0.0109. The number of anilines is 2. The Kier molecular flexibility index (Phi) is 8.50. The van der Waals surface area contributed by atoms with Crippen LogP contribution in [0.1, 0.15) is 0 Å². The van der Waals surface area contributed by atoms with Gasteiger partial charge in [0.2, 0.25) is 5.91 Å². The molecule has 1 N–H and O–H groups in total. The molecular weight excluding hydrogens is 538 g/mol. The van der Waals surface area contributed by atoms with Crippen molar-refractivity contribution < 1.29 is 32.3 Å². The Labute approximate surface area is 230 Å². The van der Waals surface area contributed by atoms with Crippen LogP contribution in [0, 0.1) is 10.1 Å². The number of amides is 1. The molecule has 0 aromatic heterocycles. The number of methoxy groups -OCH3 is 2. The lowest BCUT2D eigenvalue weighted by Crippen LogP contribution is -2.38. The maximum atomic E-state index is 13.8. The van der Waals surface area contributed by atoms with E-state index in [0.717, 1.165) is 16.4 Å². The van der Waals surface area contributed by atoms with Gasteiger partial charge in [-0.05, 0) is 54.6 Å². The molecule has 0 bridgehead atoms. The number of carbonyl (C=O) groups is 1. The number of carbonyl (C=O) groups excluding carboxylic acids is 1. The second-order valence-electron chi connectivity index (χ2n) is 8.26. The van der Waals surface area contributed by atoms with Crippen molar-refractivity contribution in [2.75, 3.05) is 30.4 Å². The zero-order chi connectivity index (χ0) is 28.7. The lowest BCUT2D eigenvalue weighted by Gasteiger charge is -2.25. The van der Waals surface area contributed by atoms with Crippen LogP contribution in [-0.4, -0.2) is 40.0 Å². The number of nitrogens with zero attached hydrogens (tertiary/aromatic N) is 2. The predicted octanol–water partition coefficient (Wildman–Crippen LogP) is 5.24. The van der Waals surface area contributed by atoms with Gasteiger partial charge in [0, 0.05) is 17.8 Å². The van der Waals surface area contributed by atoms with Crippen molar-refractivity contribution in [1.82, 2.24) is 0 Å². The third-order valence-corrected chi connectivity index (χ3v) is 7.50. The minimum atomic E-state index is -4.62. The van der Waals surface area contributed by atoms with Crippen LogP contribution in [0.15, 0.2) is 102 Å². The van der Waals surface area contributed by atoms with Gasteiger partial charge in [0.05, 0.1) is 24.8 Å². The number of hydrogen-bond donors (Lipinski definition) is 1. The van der Waals surface area contributed by atoms with E-state index in [1.54, 1.807) is 36.4 Å². The lowest BCUT2D eigenvalue weighted by atomic mass is 10.2. The van der Waals surface area contributed by atoms with Crippen molar-refractivity contribution in [3.05, 3.63) is 107 Å². The molecule has 0 heterocycles. The Morgan fingerprint density at radius 3 is 2.12 bits per heavy atom. The van der Waals surface area contributed by atoms with E-state index < -0.39 is 38.0 Å². The second kappa shape index (κ2) is 12.2. The van der Waals surface area contributed by atoms with Crippen molar-refractivity contribution in [3.8, 4) is 23.0 Å². The highest BCUT2D eigenvalue weighted by Gasteiger charge is 2.34. The molecule has 0 aliphatic rings. The summed E-state index contributed by atoms with van der Waals surface area (Å²) in [7, 11) is -1.86. The highest BCUT2D eigenvalue weighted by Crippen LogP contribution is 2.37. The van der Waals surface area contributed by atoms with Crippen LogP contribution in [0.5, 0.6) is 23.0 Å². The van der Waals surface area contributed by atoms with Crippen LogP contribution < -0.4 is 23.8 Å². The van der Waals surface area contributed by atoms with Gasteiger partial charge in [-0.2, -0.15) is 0 Å². The van der Waals surface area contributed by atoms with E-state index in [2.05, 4.69) is 5.32 Å². The molecule has 0 saturated heterocycles. The lowest BCUT2D eigenvalue weighted by molar-refractivity contribution is -0.387. The summed E-state index contributed by atoms with van der Waals surface area (Å²) in [6, 6.07) is 24.9. The Hall–Kier alpha value is -5.10. The Balaban J connectivity index is 1.65. The summed E-state index contributed by atoms with van der Waals surface area (Å²) in [6.07, 6.45) is 0. The van der Waals surface area contributed by atoms with E-state index >= 15 is 0 Å². The first-order valence-corrected chi connectivity index (χ1v) is 13.3. The highest BCUT2D eigenvalue weighted by molar-refractivity contribution is 7.93. The molecule has 12 heteroatoms. The molecule has 4 aromatic rings. The topological polar surface area (TPSA) is 137 Å². The molecule has 40 heavy (non-hydrogen) atoms. The molecule has 0 aliphatic heterocycles. The van der Waals surface area contributed by atoms with Crippen LogP contribution in [0.3, 0.4) is 0 Å². The van der Waals surface area contributed by atoms with Gasteiger partial charge in [-0.1, -0.05) is 30.3 Å². The maximum absolute atomic E-state index is 13.8. The monoisotopic (exact) mass is 563 g/mol. The van der Waals surface area contributed by atoms with Crippen molar-refractivity contribution in [3.63, 3.8) is 0 Å². The molecule has 206 valence electrons. The molecular formula is C28H25N3O8S. The zero-order valence-electron chi connectivity index (χ0n) is 21.5. The number of hydrogen-bond acceptors (Lipinski definition) is 8. The summed E-state index contributed by atoms with van der Waals surface area (Å²) in [4.78, 5) is 23.4. The standard InChI is InChI=1S/C28H25N3O8S/c1-37-23-16-17-24(26(18-23)38-2)30(40(35,36)27-11-7-6-10-25(27)31(33)34)19-28(32)29-20-12-14-22(15-13-20)39-21-8-4-3-5-9-21/h3-18H,19H2,1-2H3,(H,29,32). The van der Waals surface area contributed by atoms with E-state index in [1.807, 2.05) is 18.2 Å². The average Bonchev–Trinajstić information content (AvgIpc) is 2.97. The maximum Gasteiger partial charge on any atom is 0.289 e. The van der Waals surface area contributed by atoms with Gasteiger partial charge in [-0.3, -0.25) is 19.2 Å². The van der Waals surface area contributed by atoms with Crippen LogP contribution in [0.4, 0.5) is 17.1 Å². The van der Waals surface area contributed by atoms with Gasteiger partial charge >= 0.3 is 0 Å². The fourth-order valence-corrected chi connectivity index (χ4v) is 5.39. The van der Waals surface area contributed by atoms with Gasteiger partial charge in [0.25, 0.3) is 15.7 Å². The predicted molar refractivity (Wildman–Crippen MR) is 149 cm³/mol. The molecule has 0 unspecified atom stereocenters. The first-order valence-electron chi connectivity index (χ1n) is 11.8. The zero-order valence-corrected chi connectivity index (χ0v) is 22.3. The fourth-order valence-electron chi connectivity index (χ4n) is 3.80. The number of rotatable bonds is 11. The molecule has 0 spiro atoms. The smallest absolute Gasteiger partial charge is 0.289 e. The Morgan fingerprint density at radius 2 is 1.48 bits per heavy atom. The van der Waals surface area contributed by atoms with Gasteiger partial charge in [-0.15, -0.1) is 0 Å². The molecule has 1 amide bonds. The third-order valence-electron chi connectivity index (χ3n) is 5.69. The van der Waals surface area contributed by atoms with Gasteiger partial charge in [0.1, 0.15) is 29.5 Å². The quantitative estimate of drug-likeness (QED) is 0.193. The first-order chi connectivity index (χ1) is 19.2. The molecule has 0 saturated carbocycles. The third kappa shape index (κ3) is 6.30. The molecule has 0 radical (unpaired) electrons. The molecule has 4 aromatic carbocycles. The van der Waals surface area contributed by atoms with Crippen molar-refractivity contribution in [2.45, 2.75) is 4.90 Å². The SMILES string of the molecule is COc1ccc(N(CC(=O)Nc2ccc(Oc3ccccc3)cc2)S(=O)(=O)c2ccccc2[N+](=O)[O-])c(OC)c1. The minimum Gasteiger partial charge on any atom is -0.497 e. The van der Waals surface area contributed by atoms with E-state index in [4.69, 9.17) is 14.2 Å². The van der Waals surface area contributed by atoms with E-state index in [1.165, 1.54) is 44.6 Å². The summed E-state index contributed by atoms with van der Waals surface area (Å²) >= 11 is 0. The second-order valence-corrected chi connectivity index (χ2v) is 10.1. The number of nitrogens with one attached hydrogen (secondary N) is 1. The first kappa shape index (κ1) is 27.9. The molecule has 0 atom stereocenters. The van der Waals surface area contributed by atoms with E-state index in [-0.39, 0.29) is 11.4 Å². The number of benzene rings is 4. The van der Waals surface area contributed by atoms with Crippen molar-refractivity contribution in [2.24, 2.45) is 0 Å². The van der Waals surface area contributed by atoms with E-state index in [9.17, 15) is 23.3 Å². The van der Waals surface area contributed by atoms with E-state index in [0.29, 0.717) is 22.9 Å². The van der Waals surface area contributed by atoms with Crippen LogP contribution in [0.25, 0.3) is 0 Å². The summed E-state index contributed by atoms with van der Waals surface area (Å²) in [6.45, 7) is -0.709. The van der Waals surface area contributed by atoms with Gasteiger partial charge in [0.15, 0.2) is 4.90 Å². The highest BCUT2D eigenvalue weighted by atomic mass is 32.2.